The second-order valence-corrected chi connectivity index (χ2v) is 10.0. The summed E-state index contributed by atoms with van der Waals surface area (Å²) >= 11 is 0. The van der Waals surface area contributed by atoms with Gasteiger partial charge in [0.15, 0.2) is 5.65 Å². The summed E-state index contributed by atoms with van der Waals surface area (Å²) < 4.78 is 40.6. The average molecular weight is 594 g/mol. The first-order chi connectivity index (χ1) is 20.7. The zero-order valence-corrected chi connectivity index (χ0v) is 23.4. The lowest BCUT2D eigenvalue weighted by atomic mass is 10.0. The number of carbonyl (C=O) groups excluding carboxylic acids is 2. The number of carbonyl (C=O) groups is 2. The van der Waals surface area contributed by atoms with Crippen LogP contribution in [0, 0.1) is 21.7 Å². The average Bonchev–Trinajstić information content (AvgIpc) is 3.61. The largest absolute Gasteiger partial charge is 0.462 e. The molecule has 1 unspecified atom stereocenters. The van der Waals surface area contributed by atoms with Gasteiger partial charge in [0.05, 0.1) is 23.3 Å². The van der Waals surface area contributed by atoms with Gasteiger partial charge in [0.2, 0.25) is 0 Å². The van der Waals surface area contributed by atoms with Crippen LogP contribution in [0.4, 0.5) is 20.3 Å². The maximum atomic E-state index is 14.6. The number of non-ortho nitro benzene ring substituents is 1. The fourth-order valence-electron chi connectivity index (χ4n) is 5.23. The van der Waals surface area contributed by atoms with E-state index in [0.717, 1.165) is 18.6 Å². The predicted molar refractivity (Wildman–Crippen MR) is 151 cm³/mol. The van der Waals surface area contributed by atoms with Gasteiger partial charge >= 0.3 is 11.9 Å². The lowest BCUT2D eigenvalue weighted by Crippen LogP contribution is -2.24. The van der Waals surface area contributed by atoms with Crippen molar-refractivity contribution < 1.29 is 32.8 Å². The molecule has 0 N–H and O–H groups in total. The van der Waals surface area contributed by atoms with Crippen molar-refractivity contribution in [2.24, 2.45) is 0 Å². The summed E-state index contributed by atoms with van der Waals surface area (Å²) in [6.45, 7) is 2.42. The Morgan fingerprint density at radius 3 is 2.65 bits per heavy atom. The van der Waals surface area contributed by atoms with Gasteiger partial charge in [-0.25, -0.2) is 23.1 Å². The van der Waals surface area contributed by atoms with Crippen LogP contribution in [0.3, 0.4) is 0 Å². The number of aryl methyl sites for hydroxylation is 1. The molecular weight excluding hydrogens is 564 g/mol. The number of halogens is 2. The van der Waals surface area contributed by atoms with Crippen molar-refractivity contribution >= 4 is 29.1 Å². The molecule has 3 heterocycles. The SMILES string of the molecule is CCOC(=O)c1c(CCCCC(=O)Oc2ccc([N+](=O)[O-])cc2)nn2ccc(N3CCCC3c3cc(F)ccc3F)nc12. The highest BCUT2D eigenvalue weighted by atomic mass is 19.1. The summed E-state index contributed by atoms with van der Waals surface area (Å²) in [5.41, 5.74) is 1.11. The number of nitrogens with zero attached hydrogens (tertiary/aromatic N) is 5. The molecule has 2 aromatic heterocycles. The smallest absolute Gasteiger partial charge is 0.343 e. The van der Waals surface area contributed by atoms with Crippen molar-refractivity contribution in [3.63, 3.8) is 0 Å². The summed E-state index contributed by atoms with van der Waals surface area (Å²) in [6, 6.07) is 9.96. The van der Waals surface area contributed by atoms with Crippen molar-refractivity contribution in [1.82, 2.24) is 14.6 Å². The Bertz CT molecular complexity index is 1660. The van der Waals surface area contributed by atoms with E-state index in [9.17, 15) is 28.5 Å². The number of anilines is 1. The fourth-order valence-corrected chi connectivity index (χ4v) is 5.23. The fraction of sp³-hybridized carbons (Fsp3) is 0.333. The molecule has 0 bridgehead atoms. The molecule has 0 aliphatic carbocycles. The molecule has 1 atom stereocenters. The minimum Gasteiger partial charge on any atom is -0.462 e. The quantitative estimate of drug-likeness (QED) is 0.0701. The van der Waals surface area contributed by atoms with E-state index in [1.807, 2.05) is 4.90 Å². The van der Waals surface area contributed by atoms with Gasteiger partial charge in [0, 0.05) is 36.9 Å². The summed E-state index contributed by atoms with van der Waals surface area (Å²) in [6.07, 6.45) is 4.45. The van der Waals surface area contributed by atoms with Gasteiger partial charge in [0.1, 0.15) is 28.8 Å². The van der Waals surface area contributed by atoms with Crippen molar-refractivity contribution in [3.05, 3.63) is 93.3 Å². The van der Waals surface area contributed by atoms with Gasteiger partial charge in [-0.1, -0.05) is 0 Å². The Morgan fingerprint density at radius 1 is 1.12 bits per heavy atom. The number of nitro benzene ring substituents is 1. The molecule has 1 saturated heterocycles. The lowest BCUT2D eigenvalue weighted by Gasteiger charge is -2.26. The Morgan fingerprint density at radius 2 is 1.91 bits per heavy atom. The van der Waals surface area contributed by atoms with E-state index >= 15 is 0 Å². The molecule has 0 amide bonds. The second-order valence-electron chi connectivity index (χ2n) is 10.0. The first-order valence-electron chi connectivity index (χ1n) is 14.0. The standard InChI is InChI=1S/C30H29F2N5O6/c1-2-42-30(39)28-24(6-3-4-8-27(38)43-21-12-10-20(11-13-21)37(40)41)34-36-17-15-26(33-29(28)36)35-16-5-7-25(35)22-18-19(31)9-14-23(22)32/h9-15,17-18,25H,2-8,16H2,1H3. The van der Waals surface area contributed by atoms with Gasteiger partial charge in [0.25, 0.3) is 5.69 Å². The summed E-state index contributed by atoms with van der Waals surface area (Å²) in [5, 5.41) is 15.3. The summed E-state index contributed by atoms with van der Waals surface area (Å²) in [4.78, 5) is 42.1. The molecule has 5 rings (SSSR count). The second kappa shape index (κ2) is 12.9. The van der Waals surface area contributed by atoms with E-state index in [0.29, 0.717) is 43.7 Å². The van der Waals surface area contributed by atoms with Crippen LogP contribution in [-0.2, 0) is 16.0 Å². The molecule has 4 aromatic rings. The Balaban J connectivity index is 1.30. The van der Waals surface area contributed by atoms with Crippen LogP contribution in [0.25, 0.3) is 5.65 Å². The first-order valence-corrected chi connectivity index (χ1v) is 14.0. The minimum absolute atomic E-state index is 0.0918. The molecule has 1 fully saturated rings. The molecule has 224 valence electrons. The highest BCUT2D eigenvalue weighted by Crippen LogP contribution is 2.37. The molecule has 0 spiro atoms. The van der Waals surface area contributed by atoms with Crippen molar-refractivity contribution in [2.45, 2.75) is 51.5 Å². The van der Waals surface area contributed by atoms with Gasteiger partial charge < -0.3 is 14.4 Å². The number of benzene rings is 2. The monoisotopic (exact) mass is 593 g/mol. The Labute approximate surface area is 245 Å². The van der Waals surface area contributed by atoms with Crippen LogP contribution < -0.4 is 9.64 Å². The maximum absolute atomic E-state index is 14.6. The third-order valence-corrected chi connectivity index (χ3v) is 7.21. The van der Waals surface area contributed by atoms with Crippen molar-refractivity contribution in [2.75, 3.05) is 18.1 Å². The highest BCUT2D eigenvalue weighted by molar-refractivity contribution is 5.97. The Hall–Kier alpha value is -4.94. The number of esters is 2. The van der Waals surface area contributed by atoms with Crippen LogP contribution in [0.2, 0.25) is 0 Å². The minimum atomic E-state index is -0.580. The van der Waals surface area contributed by atoms with E-state index in [2.05, 4.69) is 5.10 Å². The molecule has 13 heteroatoms. The predicted octanol–water partition coefficient (Wildman–Crippen LogP) is 5.75. The summed E-state index contributed by atoms with van der Waals surface area (Å²) in [7, 11) is 0. The highest BCUT2D eigenvalue weighted by Gasteiger charge is 2.31. The number of unbranched alkanes of at least 4 members (excludes halogenated alkanes) is 1. The molecule has 11 nitrogen and oxygen atoms in total. The molecule has 0 saturated carbocycles. The number of hydrogen-bond donors (Lipinski definition) is 0. The number of rotatable bonds is 11. The topological polar surface area (TPSA) is 129 Å². The van der Waals surface area contributed by atoms with E-state index in [4.69, 9.17) is 14.5 Å². The van der Waals surface area contributed by atoms with E-state index in [1.165, 1.54) is 34.8 Å². The van der Waals surface area contributed by atoms with Crippen molar-refractivity contribution in [3.8, 4) is 5.75 Å². The van der Waals surface area contributed by atoms with Crippen molar-refractivity contribution in [1.29, 1.82) is 0 Å². The molecule has 1 aliphatic rings. The first kappa shape index (κ1) is 29.5. The number of ether oxygens (including phenoxy) is 2. The van der Waals surface area contributed by atoms with Gasteiger partial charge in [-0.05, 0) is 75.4 Å². The van der Waals surface area contributed by atoms with Gasteiger partial charge in [-0.3, -0.25) is 14.9 Å². The third kappa shape index (κ3) is 6.60. The molecular formula is C30H29F2N5O6. The number of hydrogen-bond acceptors (Lipinski definition) is 9. The number of aromatic nitrogens is 3. The lowest BCUT2D eigenvalue weighted by molar-refractivity contribution is -0.384. The normalized spacial score (nSPS) is 14.7. The van der Waals surface area contributed by atoms with E-state index in [-0.39, 0.29) is 41.2 Å². The van der Waals surface area contributed by atoms with Crippen LogP contribution in [0.5, 0.6) is 5.75 Å². The molecule has 0 radical (unpaired) electrons. The Kier molecular flexibility index (Phi) is 8.88. The molecule has 1 aliphatic heterocycles. The number of nitro groups is 1. The van der Waals surface area contributed by atoms with E-state index < -0.39 is 34.5 Å². The van der Waals surface area contributed by atoms with Gasteiger partial charge in [-0.2, -0.15) is 5.10 Å². The molecule has 43 heavy (non-hydrogen) atoms. The van der Waals surface area contributed by atoms with Crippen LogP contribution in [0.1, 0.15) is 66.7 Å². The van der Waals surface area contributed by atoms with Crippen LogP contribution in [0.15, 0.2) is 54.7 Å². The van der Waals surface area contributed by atoms with E-state index in [1.54, 1.807) is 19.2 Å². The van der Waals surface area contributed by atoms with Crippen LogP contribution in [-0.4, -0.2) is 44.6 Å². The zero-order valence-electron chi connectivity index (χ0n) is 23.4. The number of fused-ring (bicyclic) bond motifs is 1. The summed E-state index contributed by atoms with van der Waals surface area (Å²) in [5.74, 6) is -1.36. The molecule has 2 aromatic carbocycles. The maximum Gasteiger partial charge on any atom is 0.343 e. The zero-order chi connectivity index (χ0) is 30.5. The van der Waals surface area contributed by atoms with Crippen LogP contribution >= 0.6 is 0 Å². The van der Waals surface area contributed by atoms with Gasteiger partial charge in [-0.15, -0.1) is 0 Å². The third-order valence-electron chi connectivity index (χ3n) is 7.21.